The van der Waals surface area contributed by atoms with Gasteiger partial charge in [-0.05, 0) is 44.9 Å². The number of anilines is 1. The molecule has 7 heteroatoms. The summed E-state index contributed by atoms with van der Waals surface area (Å²) in [6.45, 7) is 11.5. The number of hydrogen-bond donors (Lipinski definition) is 0. The van der Waals surface area contributed by atoms with E-state index in [0.29, 0.717) is 26.2 Å². The van der Waals surface area contributed by atoms with Gasteiger partial charge in [0.1, 0.15) is 0 Å². The molecule has 1 aromatic carbocycles. The molecule has 0 bridgehead atoms. The van der Waals surface area contributed by atoms with Crippen molar-refractivity contribution in [2.45, 2.75) is 39.9 Å². The van der Waals surface area contributed by atoms with Crippen molar-refractivity contribution in [1.29, 1.82) is 0 Å². The minimum atomic E-state index is -3.41. The van der Waals surface area contributed by atoms with Gasteiger partial charge in [-0.15, -0.1) is 0 Å². The summed E-state index contributed by atoms with van der Waals surface area (Å²) in [5, 5.41) is 0. The van der Waals surface area contributed by atoms with Gasteiger partial charge in [0.15, 0.2) is 0 Å². The van der Waals surface area contributed by atoms with Crippen molar-refractivity contribution in [3.63, 3.8) is 0 Å². The third-order valence-electron chi connectivity index (χ3n) is 5.19. The average molecular weight is 368 g/mol. The first-order valence-corrected chi connectivity index (χ1v) is 10.4. The number of aryl methyl sites for hydroxylation is 1. The van der Waals surface area contributed by atoms with Gasteiger partial charge in [-0.1, -0.05) is 12.1 Å². The molecule has 0 saturated carbocycles. The van der Waals surface area contributed by atoms with Crippen LogP contribution in [0.15, 0.2) is 18.2 Å². The predicted octanol–water partition coefficient (Wildman–Crippen LogP) is 1.78. The summed E-state index contributed by atoms with van der Waals surface area (Å²) in [6, 6.07) is 6.30. The third kappa shape index (κ3) is 3.84. The van der Waals surface area contributed by atoms with Crippen molar-refractivity contribution in [2.75, 3.05) is 44.2 Å². The summed E-state index contributed by atoms with van der Waals surface area (Å²) in [7, 11) is -3.41. The van der Waals surface area contributed by atoms with Gasteiger partial charge in [0.25, 0.3) is 10.2 Å². The highest BCUT2D eigenvalue weighted by Gasteiger charge is 2.36. The topological polar surface area (TPSA) is 53.1 Å². The lowest BCUT2D eigenvalue weighted by atomic mass is 10.1. The first-order chi connectivity index (χ1) is 11.8. The van der Waals surface area contributed by atoms with Crippen molar-refractivity contribution in [3.05, 3.63) is 29.3 Å². The molecule has 2 unspecified atom stereocenters. The Morgan fingerprint density at radius 2 is 1.56 bits per heavy atom. The van der Waals surface area contributed by atoms with Gasteiger partial charge in [0.05, 0.1) is 12.2 Å². The molecule has 140 valence electrons. The van der Waals surface area contributed by atoms with E-state index in [2.05, 4.69) is 36.9 Å². The lowest BCUT2D eigenvalue weighted by Crippen LogP contribution is -2.57. The number of benzene rings is 1. The van der Waals surface area contributed by atoms with E-state index in [4.69, 9.17) is 4.74 Å². The van der Waals surface area contributed by atoms with Crippen LogP contribution in [-0.4, -0.2) is 68.5 Å². The zero-order valence-electron chi connectivity index (χ0n) is 15.6. The predicted molar refractivity (Wildman–Crippen MR) is 100 cm³/mol. The Balaban J connectivity index is 1.68. The maximum Gasteiger partial charge on any atom is 0.282 e. The van der Waals surface area contributed by atoms with Crippen molar-refractivity contribution < 1.29 is 13.2 Å². The van der Waals surface area contributed by atoms with Gasteiger partial charge in [-0.3, -0.25) is 0 Å². The van der Waals surface area contributed by atoms with Crippen molar-refractivity contribution >= 4 is 15.9 Å². The second kappa shape index (κ2) is 7.23. The average Bonchev–Trinajstić information content (AvgIpc) is 2.56. The van der Waals surface area contributed by atoms with Crippen LogP contribution in [0.3, 0.4) is 0 Å². The van der Waals surface area contributed by atoms with Crippen LogP contribution >= 0.6 is 0 Å². The maximum absolute atomic E-state index is 13.0. The molecule has 2 aliphatic rings. The Morgan fingerprint density at radius 3 is 2.16 bits per heavy atom. The Bertz CT molecular complexity index is 704. The molecular formula is C18H29N3O3S. The largest absolute Gasteiger partial charge is 0.373 e. The van der Waals surface area contributed by atoms with Crippen molar-refractivity contribution in [3.8, 4) is 0 Å². The molecular weight excluding hydrogens is 338 g/mol. The summed E-state index contributed by atoms with van der Waals surface area (Å²) in [4.78, 5) is 2.29. The second-order valence-corrected chi connectivity index (χ2v) is 9.12. The summed E-state index contributed by atoms with van der Waals surface area (Å²) in [5.41, 5.74) is 3.75. The van der Waals surface area contributed by atoms with Crippen molar-refractivity contribution in [1.82, 2.24) is 8.61 Å². The number of ether oxygens (including phenoxy) is 1. The van der Waals surface area contributed by atoms with Crippen LogP contribution in [0.2, 0.25) is 0 Å². The van der Waals surface area contributed by atoms with E-state index in [1.807, 2.05) is 13.8 Å². The van der Waals surface area contributed by atoms with E-state index < -0.39 is 10.2 Å². The smallest absolute Gasteiger partial charge is 0.282 e. The Labute approximate surface area is 151 Å². The van der Waals surface area contributed by atoms with E-state index in [9.17, 15) is 8.42 Å². The maximum atomic E-state index is 13.0. The quantitative estimate of drug-likeness (QED) is 0.817. The number of morpholine rings is 1. The van der Waals surface area contributed by atoms with Gasteiger partial charge in [0.2, 0.25) is 0 Å². The molecule has 2 saturated heterocycles. The summed E-state index contributed by atoms with van der Waals surface area (Å²) in [6.07, 6.45) is -0.121. The normalized spacial score (nSPS) is 26.8. The van der Waals surface area contributed by atoms with E-state index in [1.165, 1.54) is 16.8 Å². The first kappa shape index (κ1) is 18.6. The van der Waals surface area contributed by atoms with Crippen LogP contribution in [0.5, 0.6) is 0 Å². The van der Waals surface area contributed by atoms with Crippen LogP contribution in [0, 0.1) is 13.8 Å². The van der Waals surface area contributed by atoms with E-state index in [-0.39, 0.29) is 12.2 Å². The molecule has 1 aromatic rings. The lowest BCUT2D eigenvalue weighted by Gasteiger charge is -2.41. The molecule has 0 aliphatic carbocycles. The SMILES string of the molecule is Cc1cccc(N2CCN(S(=O)(=O)N3CC(C)OC(C)C3)CC2)c1C. The summed E-state index contributed by atoms with van der Waals surface area (Å²) >= 11 is 0. The minimum absolute atomic E-state index is 0.0604. The Morgan fingerprint density at radius 1 is 0.960 bits per heavy atom. The number of nitrogens with zero attached hydrogens (tertiary/aromatic N) is 3. The van der Waals surface area contributed by atoms with Crippen LogP contribution in [0.1, 0.15) is 25.0 Å². The molecule has 0 N–H and O–H groups in total. The molecule has 2 atom stereocenters. The fourth-order valence-corrected chi connectivity index (χ4v) is 5.47. The van der Waals surface area contributed by atoms with Gasteiger partial charge < -0.3 is 9.64 Å². The molecule has 3 rings (SSSR count). The van der Waals surface area contributed by atoms with Crippen molar-refractivity contribution in [2.24, 2.45) is 0 Å². The number of rotatable bonds is 3. The summed E-state index contributed by atoms with van der Waals surface area (Å²) in [5.74, 6) is 0. The number of hydrogen-bond acceptors (Lipinski definition) is 4. The highest BCUT2D eigenvalue weighted by atomic mass is 32.2. The van der Waals surface area contributed by atoms with Gasteiger partial charge in [0, 0.05) is 45.0 Å². The zero-order valence-corrected chi connectivity index (χ0v) is 16.4. The van der Waals surface area contributed by atoms with Gasteiger partial charge in [-0.25, -0.2) is 0 Å². The molecule has 0 radical (unpaired) electrons. The van der Waals surface area contributed by atoms with E-state index in [0.717, 1.165) is 13.1 Å². The summed E-state index contributed by atoms with van der Waals surface area (Å²) < 4.78 is 34.8. The molecule has 2 fully saturated rings. The van der Waals surface area contributed by atoms with Gasteiger partial charge in [-0.2, -0.15) is 17.0 Å². The number of piperazine rings is 1. The molecule has 0 amide bonds. The van der Waals surface area contributed by atoms with Crippen LogP contribution in [0.25, 0.3) is 0 Å². The Kier molecular flexibility index (Phi) is 5.39. The standard InChI is InChI=1S/C18H29N3O3S/c1-14-6-5-7-18(17(14)4)19-8-10-20(11-9-19)25(22,23)21-12-15(2)24-16(3)13-21/h5-7,15-16H,8-13H2,1-4H3. The van der Waals surface area contributed by atoms with Crippen LogP contribution in [0.4, 0.5) is 5.69 Å². The van der Waals surface area contributed by atoms with E-state index >= 15 is 0 Å². The molecule has 6 nitrogen and oxygen atoms in total. The Hall–Kier alpha value is -1.15. The fraction of sp³-hybridized carbons (Fsp3) is 0.667. The van der Waals surface area contributed by atoms with Crippen LogP contribution in [-0.2, 0) is 14.9 Å². The highest BCUT2D eigenvalue weighted by molar-refractivity contribution is 7.86. The monoisotopic (exact) mass is 367 g/mol. The zero-order chi connectivity index (χ0) is 18.2. The molecule has 25 heavy (non-hydrogen) atoms. The third-order valence-corrected chi connectivity index (χ3v) is 7.16. The molecule has 0 spiro atoms. The molecule has 0 aromatic heterocycles. The molecule has 2 heterocycles. The lowest BCUT2D eigenvalue weighted by molar-refractivity contribution is -0.0455. The van der Waals surface area contributed by atoms with Crippen LogP contribution < -0.4 is 4.90 Å². The van der Waals surface area contributed by atoms with Gasteiger partial charge >= 0.3 is 0 Å². The molecule has 2 aliphatic heterocycles. The first-order valence-electron chi connectivity index (χ1n) is 9.01. The fourth-order valence-electron chi connectivity index (χ4n) is 3.72. The van der Waals surface area contributed by atoms with E-state index in [1.54, 1.807) is 8.61 Å². The minimum Gasteiger partial charge on any atom is -0.373 e. The highest BCUT2D eigenvalue weighted by Crippen LogP contribution is 2.25. The second-order valence-electron chi connectivity index (χ2n) is 7.19.